The molecule has 0 unspecified atom stereocenters. The zero-order valence-corrected chi connectivity index (χ0v) is 12.5. The minimum atomic E-state index is 0.738. The van der Waals surface area contributed by atoms with Crippen LogP contribution in [0.1, 0.15) is 31.7 Å². The highest BCUT2D eigenvalue weighted by atomic mass is 16.5. The molecular weight excluding hydrogens is 238 g/mol. The van der Waals surface area contributed by atoms with Gasteiger partial charge in [0.05, 0.1) is 6.61 Å². The van der Waals surface area contributed by atoms with Crippen LogP contribution < -0.4 is 10.2 Å². The Morgan fingerprint density at radius 3 is 2.95 bits per heavy atom. The lowest BCUT2D eigenvalue weighted by Gasteiger charge is -2.21. The number of ether oxygens (including phenoxy) is 1. The fraction of sp³-hybridized carbons (Fsp3) is 0.667. The second kappa shape index (κ2) is 9.75. The summed E-state index contributed by atoms with van der Waals surface area (Å²) in [7, 11) is 3.84. The molecule has 1 rings (SSSR count). The first-order valence-electron chi connectivity index (χ1n) is 7.14. The predicted molar refractivity (Wildman–Crippen MR) is 80.6 cm³/mol. The van der Waals surface area contributed by atoms with Crippen LogP contribution >= 0.6 is 0 Å². The van der Waals surface area contributed by atoms with Crippen molar-refractivity contribution >= 4 is 5.82 Å². The third kappa shape index (κ3) is 6.03. The molecule has 0 radical (unpaired) electrons. The topological polar surface area (TPSA) is 37.4 Å². The van der Waals surface area contributed by atoms with Gasteiger partial charge in [-0.05, 0) is 12.5 Å². The molecule has 108 valence electrons. The van der Waals surface area contributed by atoms with Gasteiger partial charge in [0.1, 0.15) is 5.82 Å². The minimum absolute atomic E-state index is 0.738. The van der Waals surface area contributed by atoms with E-state index in [4.69, 9.17) is 4.74 Å². The van der Waals surface area contributed by atoms with Crippen LogP contribution in [0.25, 0.3) is 0 Å². The molecule has 0 aliphatic carbocycles. The van der Waals surface area contributed by atoms with Crippen molar-refractivity contribution in [3.63, 3.8) is 0 Å². The summed E-state index contributed by atoms with van der Waals surface area (Å²) >= 11 is 0. The number of hydrogen-bond donors (Lipinski definition) is 1. The van der Waals surface area contributed by atoms with E-state index >= 15 is 0 Å². The summed E-state index contributed by atoms with van der Waals surface area (Å²) in [4.78, 5) is 6.76. The van der Waals surface area contributed by atoms with Crippen LogP contribution in [0, 0.1) is 0 Å². The van der Waals surface area contributed by atoms with Gasteiger partial charge in [0.25, 0.3) is 0 Å². The summed E-state index contributed by atoms with van der Waals surface area (Å²) in [6.07, 6.45) is 5.62. The monoisotopic (exact) mass is 265 g/mol. The van der Waals surface area contributed by atoms with Crippen LogP contribution in [0.3, 0.4) is 0 Å². The fourth-order valence-corrected chi connectivity index (χ4v) is 2.01. The van der Waals surface area contributed by atoms with Crippen LogP contribution in [-0.4, -0.2) is 38.8 Å². The number of hydrogen-bond acceptors (Lipinski definition) is 4. The maximum Gasteiger partial charge on any atom is 0.132 e. The second-order valence-corrected chi connectivity index (χ2v) is 4.78. The van der Waals surface area contributed by atoms with Crippen LogP contribution in [-0.2, 0) is 11.3 Å². The Balaban J connectivity index is 2.51. The standard InChI is InChI=1S/C15H27N3O/c1-4-5-6-11-18(2)15-14(8-7-9-17-15)13-16-10-12-19-3/h7-9,16H,4-6,10-13H2,1-3H3. The third-order valence-corrected chi connectivity index (χ3v) is 3.12. The van der Waals surface area contributed by atoms with Gasteiger partial charge in [0, 0.05) is 45.6 Å². The van der Waals surface area contributed by atoms with Crippen molar-refractivity contribution in [2.24, 2.45) is 0 Å². The van der Waals surface area contributed by atoms with E-state index in [9.17, 15) is 0 Å². The summed E-state index contributed by atoms with van der Waals surface area (Å²) < 4.78 is 5.03. The minimum Gasteiger partial charge on any atom is -0.383 e. The molecule has 1 aromatic heterocycles. The number of nitrogens with zero attached hydrogens (tertiary/aromatic N) is 2. The van der Waals surface area contributed by atoms with E-state index in [2.05, 4.69) is 35.2 Å². The summed E-state index contributed by atoms with van der Waals surface area (Å²) in [6.45, 7) is 5.73. The summed E-state index contributed by atoms with van der Waals surface area (Å²) in [6, 6.07) is 4.13. The molecule has 0 atom stereocenters. The molecule has 0 aliphatic rings. The average molecular weight is 265 g/mol. The van der Waals surface area contributed by atoms with Crippen LogP contribution in [0.4, 0.5) is 5.82 Å². The molecule has 1 aromatic rings. The molecule has 0 bridgehead atoms. The Bertz CT molecular complexity index is 344. The van der Waals surface area contributed by atoms with Crippen molar-refractivity contribution in [1.82, 2.24) is 10.3 Å². The zero-order valence-electron chi connectivity index (χ0n) is 12.5. The third-order valence-electron chi connectivity index (χ3n) is 3.12. The lowest BCUT2D eigenvalue weighted by Crippen LogP contribution is -2.24. The van der Waals surface area contributed by atoms with Gasteiger partial charge in [-0.3, -0.25) is 0 Å². The van der Waals surface area contributed by atoms with Crippen LogP contribution in [0.2, 0.25) is 0 Å². The Morgan fingerprint density at radius 2 is 2.21 bits per heavy atom. The molecule has 0 amide bonds. The van der Waals surface area contributed by atoms with Crippen molar-refractivity contribution in [2.45, 2.75) is 32.7 Å². The summed E-state index contributed by atoms with van der Waals surface area (Å²) in [5.41, 5.74) is 1.25. The van der Waals surface area contributed by atoms with Gasteiger partial charge < -0.3 is 15.0 Å². The van der Waals surface area contributed by atoms with Crippen molar-refractivity contribution < 1.29 is 4.74 Å². The first-order chi connectivity index (χ1) is 9.29. The number of pyridine rings is 1. The number of rotatable bonds is 10. The van der Waals surface area contributed by atoms with Crippen LogP contribution in [0.5, 0.6) is 0 Å². The van der Waals surface area contributed by atoms with E-state index in [1.165, 1.54) is 24.8 Å². The molecule has 0 spiro atoms. The van der Waals surface area contributed by atoms with E-state index < -0.39 is 0 Å². The van der Waals surface area contributed by atoms with Gasteiger partial charge in [-0.15, -0.1) is 0 Å². The number of aromatic nitrogens is 1. The number of methoxy groups -OCH3 is 1. The maximum absolute atomic E-state index is 5.03. The maximum atomic E-state index is 5.03. The first kappa shape index (κ1) is 15.9. The molecular formula is C15H27N3O. The van der Waals surface area contributed by atoms with Crippen LogP contribution in [0.15, 0.2) is 18.3 Å². The van der Waals surface area contributed by atoms with Gasteiger partial charge in [-0.2, -0.15) is 0 Å². The SMILES string of the molecule is CCCCCN(C)c1ncccc1CNCCOC. The Kier molecular flexibility index (Phi) is 8.18. The highest BCUT2D eigenvalue weighted by molar-refractivity contribution is 5.45. The quantitative estimate of drug-likeness (QED) is 0.659. The number of unbranched alkanes of at least 4 members (excludes halogenated alkanes) is 2. The van der Waals surface area contributed by atoms with E-state index in [1.54, 1.807) is 7.11 Å². The molecule has 1 N–H and O–H groups in total. The van der Waals surface area contributed by atoms with Crippen molar-refractivity contribution in [3.8, 4) is 0 Å². The van der Waals surface area contributed by atoms with Gasteiger partial charge in [0.15, 0.2) is 0 Å². The fourth-order valence-electron chi connectivity index (χ4n) is 2.01. The Hall–Kier alpha value is -1.13. The molecule has 0 fully saturated rings. The largest absolute Gasteiger partial charge is 0.383 e. The van der Waals surface area contributed by atoms with E-state index in [0.29, 0.717) is 0 Å². The smallest absolute Gasteiger partial charge is 0.132 e. The first-order valence-corrected chi connectivity index (χ1v) is 7.14. The molecule has 0 aromatic carbocycles. The van der Waals surface area contributed by atoms with Crippen molar-refractivity contribution in [1.29, 1.82) is 0 Å². The predicted octanol–water partition coefficient (Wildman–Crippen LogP) is 2.44. The van der Waals surface area contributed by atoms with Crippen molar-refractivity contribution in [3.05, 3.63) is 23.9 Å². The number of nitrogens with one attached hydrogen (secondary N) is 1. The number of anilines is 1. The van der Waals surface area contributed by atoms with Gasteiger partial charge in [0.2, 0.25) is 0 Å². The average Bonchev–Trinajstić information content (AvgIpc) is 2.44. The lowest BCUT2D eigenvalue weighted by molar-refractivity contribution is 0.199. The summed E-state index contributed by atoms with van der Waals surface area (Å²) in [5, 5.41) is 3.37. The highest BCUT2D eigenvalue weighted by Gasteiger charge is 2.07. The van der Waals surface area contributed by atoms with Gasteiger partial charge in [-0.1, -0.05) is 25.8 Å². The van der Waals surface area contributed by atoms with E-state index in [0.717, 1.165) is 32.1 Å². The molecule has 0 saturated carbocycles. The molecule has 4 heteroatoms. The molecule has 4 nitrogen and oxygen atoms in total. The Morgan fingerprint density at radius 1 is 1.37 bits per heavy atom. The highest BCUT2D eigenvalue weighted by Crippen LogP contribution is 2.16. The zero-order chi connectivity index (χ0) is 13.9. The van der Waals surface area contributed by atoms with E-state index in [-0.39, 0.29) is 0 Å². The lowest BCUT2D eigenvalue weighted by atomic mass is 10.2. The molecule has 0 saturated heterocycles. The van der Waals surface area contributed by atoms with Gasteiger partial charge >= 0.3 is 0 Å². The summed E-state index contributed by atoms with van der Waals surface area (Å²) in [5.74, 6) is 1.09. The van der Waals surface area contributed by atoms with Gasteiger partial charge in [-0.25, -0.2) is 4.98 Å². The Labute approximate surface area is 117 Å². The molecule has 19 heavy (non-hydrogen) atoms. The normalized spacial score (nSPS) is 10.7. The molecule has 1 heterocycles. The van der Waals surface area contributed by atoms with E-state index in [1.807, 2.05) is 12.3 Å². The molecule has 0 aliphatic heterocycles. The van der Waals surface area contributed by atoms with Crippen molar-refractivity contribution in [2.75, 3.05) is 38.8 Å². The second-order valence-electron chi connectivity index (χ2n) is 4.78.